The summed E-state index contributed by atoms with van der Waals surface area (Å²) in [6, 6.07) is 0. The largest absolute Gasteiger partial charge is 0.466 e. The lowest BCUT2D eigenvalue weighted by Crippen LogP contribution is -2.45. The van der Waals surface area contributed by atoms with Crippen LogP contribution in [-0.4, -0.2) is 27.5 Å². The number of hydrogen-bond donors (Lipinski definition) is 0. The number of esters is 1. The van der Waals surface area contributed by atoms with Crippen LogP contribution in [0.3, 0.4) is 0 Å². The van der Waals surface area contributed by atoms with Crippen LogP contribution in [-0.2, 0) is 14.0 Å². The van der Waals surface area contributed by atoms with Gasteiger partial charge >= 0.3 is 5.97 Å². The summed E-state index contributed by atoms with van der Waals surface area (Å²) in [5, 5.41) is 0.153. The van der Waals surface area contributed by atoms with Gasteiger partial charge in [0.2, 0.25) is 0 Å². The molecule has 19 heavy (non-hydrogen) atoms. The average Bonchev–Trinajstić information content (AvgIpc) is 2.29. The van der Waals surface area contributed by atoms with E-state index in [1.165, 1.54) is 7.11 Å². The van der Waals surface area contributed by atoms with Crippen molar-refractivity contribution in [2.24, 2.45) is 0 Å². The smallest absolute Gasteiger partial charge is 0.333 e. The second-order valence-corrected chi connectivity index (χ2v) is 11.4. The van der Waals surface area contributed by atoms with Gasteiger partial charge in [-0.05, 0) is 30.1 Å². The van der Waals surface area contributed by atoms with Gasteiger partial charge in [0, 0.05) is 12.0 Å². The minimum atomic E-state index is -1.85. The summed E-state index contributed by atoms with van der Waals surface area (Å²) < 4.78 is 11.2. The molecule has 4 heteroatoms. The molecule has 1 aliphatic carbocycles. The first-order valence-electron chi connectivity index (χ1n) is 6.71. The van der Waals surface area contributed by atoms with Gasteiger partial charge in [-0.3, -0.25) is 0 Å². The third-order valence-electron chi connectivity index (χ3n) is 4.16. The molecule has 1 aliphatic rings. The molecule has 0 unspecified atom stereocenters. The van der Waals surface area contributed by atoms with Crippen molar-refractivity contribution >= 4 is 14.3 Å². The number of carbonyl (C=O) groups is 1. The van der Waals surface area contributed by atoms with Gasteiger partial charge in [0.05, 0.1) is 13.2 Å². The van der Waals surface area contributed by atoms with Crippen molar-refractivity contribution in [2.75, 3.05) is 7.11 Å². The molecule has 0 N–H and O–H groups in total. The minimum Gasteiger partial charge on any atom is -0.466 e. The van der Waals surface area contributed by atoms with Crippen molar-refractivity contribution in [3.63, 3.8) is 0 Å². The normalized spacial score (nSPS) is 21.1. The lowest BCUT2D eigenvalue weighted by atomic mass is 9.93. The highest BCUT2D eigenvalue weighted by molar-refractivity contribution is 6.74. The number of ether oxygens (including phenoxy) is 1. The maximum absolute atomic E-state index is 11.6. The molecule has 3 nitrogen and oxygen atoms in total. The molecule has 0 aromatic heterocycles. The Morgan fingerprint density at radius 1 is 1.42 bits per heavy atom. The van der Waals surface area contributed by atoms with Crippen LogP contribution in [0.1, 0.15) is 33.6 Å². The maximum atomic E-state index is 11.6. The fourth-order valence-electron chi connectivity index (χ4n) is 1.77. The third kappa shape index (κ3) is 3.80. The summed E-state index contributed by atoms with van der Waals surface area (Å²) in [5.41, 5.74) is 1.76. The van der Waals surface area contributed by atoms with Crippen LogP contribution in [0.25, 0.3) is 0 Å². The Hall–Kier alpha value is -0.873. The number of methoxy groups -OCH3 is 1. The first-order chi connectivity index (χ1) is 8.58. The van der Waals surface area contributed by atoms with Gasteiger partial charge in [0.25, 0.3) is 0 Å². The molecule has 0 aliphatic heterocycles. The van der Waals surface area contributed by atoms with Crippen molar-refractivity contribution in [3.8, 4) is 0 Å². The maximum Gasteiger partial charge on any atom is 0.333 e. The molecule has 1 atom stereocenters. The molecular formula is C15H26O3Si. The van der Waals surface area contributed by atoms with Gasteiger partial charge in [0.1, 0.15) is 0 Å². The Morgan fingerprint density at radius 2 is 2.00 bits per heavy atom. The Balaban J connectivity index is 2.83. The molecule has 0 spiro atoms. The van der Waals surface area contributed by atoms with Gasteiger partial charge in [-0.15, -0.1) is 0 Å². The van der Waals surface area contributed by atoms with Gasteiger partial charge in [-0.1, -0.05) is 33.4 Å². The molecule has 0 saturated carbocycles. The molecule has 1 rings (SSSR count). The van der Waals surface area contributed by atoms with E-state index in [9.17, 15) is 4.79 Å². The quantitative estimate of drug-likeness (QED) is 0.448. The minimum absolute atomic E-state index is 0.0556. The monoisotopic (exact) mass is 282 g/mol. The molecule has 0 aromatic carbocycles. The van der Waals surface area contributed by atoms with Gasteiger partial charge in [0.15, 0.2) is 8.32 Å². The highest BCUT2D eigenvalue weighted by atomic mass is 28.4. The van der Waals surface area contributed by atoms with Crippen molar-refractivity contribution in [3.05, 3.63) is 23.8 Å². The molecule has 0 saturated heterocycles. The van der Waals surface area contributed by atoms with E-state index in [1.807, 2.05) is 6.08 Å². The van der Waals surface area contributed by atoms with Crippen LogP contribution in [0.4, 0.5) is 0 Å². The van der Waals surface area contributed by atoms with Crippen LogP contribution in [0, 0.1) is 0 Å². The Bertz CT molecular complexity index is 402. The van der Waals surface area contributed by atoms with Crippen molar-refractivity contribution in [1.29, 1.82) is 0 Å². The standard InChI is InChI=1S/C15H26O3Si/c1-11-8-9-12(14(16)17-5)10-13(11)18-19(6,7)15(2,3)4/h9,13H,1,8,10H2,2-7H3/t13-/m1/s1. The van der Waals surface area contributed by atoms with E-state index in [4.69, 9.17) is 9.16 Å². The molecule has 108 valence electrons. The summed E-state index contributed by atoms with van der Waals surface area (Å²) in [6.07, 6.45) is 3.13. The summed E-state index contributed by atoms with van der Waals surface area (Å²) in [4.78, 5) is 11.6. The molecular weight excluding hydrogens is 256 g/mol. The zero-order valence-electron chi connectivity index (χ0n) is 13.0. The van der Waals surface area contributed by atoms with Crippen LogP contribution in [0.5, 0.6) is 0 Å². The number of rotatable bonds is 3. The molecule has 0 heterocycles. The number of hydrogen-bond acceptors (Lipinski definition) is 3. The zero-order chi connectivity index (χ0) is 14.8. The second-order valence-electron chi connectivity index (χ2n) is 6.65. The van der Waals surface area contributed by atoms with E-state index in [0.717, 1.165) is 5.57 Å². The third-order valence-corrected chi connectivity index (χ3v) is 8.65. The Labute approximate surface area is 117 Å². The van der Waals surface area contributed by atoms with Crippen LogP contribution in [0.2, 0.25) is 18.1 Å². The number of allylic oxidation sites excluding steroid dienone is 1. The van der Waals surface area contributed by atoms with E-state index in [2.05, 4.69) is 40.4 Å². The molecule has 0 radical (unpaired) electrons. The van der Waals surface area contributed by atoms with Crippen molar-refractivity contribution < 1.29 is 14.0 Å². The van der Waals surface area contributed by atoms with Crippen LogP contribution < -0.4 is 0 Å². The molecule has 0 amide bonds. The first kappa shape index (κ1) is 16.2. The summed E-state index contributed by atoms with van der Waals surface area (Å²) in [7, 11) is -0.436. The predicted octanol–water partition coefficient (Wildman–Crippen LogP) is 3.83. The SMILES string of the molecule is C=C1CC=C(C(=O)OC)C[C@H]1O[Si](C)(C)C(C)(C)C. The summed E-state index contributed by atoms with van der Waals surface area (Å²) in [5.74, 6) is -0.253. The van der Waals surface area contributed by atoms with Crippen LogP contribution >= 0.6 is 0 Å². The Kier molecular flexibility index (Phi) is 4.80. The van der Waals surface area contributed by atoms with E-state index in [-0.39, 0.29) is 17.1 Å². The van der Waals surface area contributed by atoms with Gasteiger partial charge in [-0.2, -0.15) is 0 Å². The fourth-order valence-corrected chi connectivity index (χ4v) is 3.08. The first-order valence-corrected chi connectivity index (χ1v) is 9.62. The molecule has 0 bridgehead atoms. The summed E-state index contributed by atoms with van der Waals surface area (Å²) >= 11 is 0. The molecule has 0 aromatic rings. The Morgan fingerprint density at radius 3 is 2.47 bits per heavy atom. The lowest BCUT2D eigenvalue weighted by Gasteiger charge is -2.40. The topological polar surface area (TPSA) is 35.5 Å². The van der Waals surface area contributed by atoms with E-state index in [1.54, 1.807) is 0 Å². The highest BCUT2D eigenvalue weighted by Gasteiger charge is 2.40. The van der Waals surface area contributed by atoms with E-state index < -0.39 is 8.32 Å². The lowest BCUT2D eigenvalue weighted by molar-refractivity contribution is -0.136. The highest BCUT2D eigenvalue weighted by Crippen LogP contribution is 2.39. The predicted molar refractivity (Wildman–Crippen MR) is 80.5 cm³/mol. The van der Waals surface area contributed by atoms with Crippen LogP contribution in [0.15, 0.2) is 23.8 Å². The van der Waals surface area contributed by atoms with Gasteiger partial charge in [-0.25, -0.2) is 4.79 Å². The zero-order valence-corrected chi connectivity index (χ0v) is 14.0. The number of carbonyl (C=O) groups excluding carboxylic acids is 1. The van der Waals surface area contributed by atoms with Crippen molar-refractivity contribution in [2.45, 2.75) is 57.8 Å². The van der Waals surface area contributed by atoms with E-state index >= 15 is 0 Å². The van der Waals surface area contributed by atoms with E-state index in [0.29, 0.717) is 18.4 Å². The fraction of sp³-hybridized carbons (Fsp3) is 0.667. The average molecular weight is 282 g/mol. The van der Waals surface area contributed by atoms with Gasteiger partial charge < -0.3 is 9.16 Å². The van der Waals surface area contributed by atoms with Crippen molar-refractivity contribution in [1.82, 2.24) is 0 Å². The second kappa shape index (κ2) is 5.63. The molecule has 0 fully saturated rings. The summed E-state index contributed by atoms with van der Waals surface area (Å²) in [6.45, 7) is 15.1.